The molecule has 0 aromatic heterocycles. The van der Waals surface area contributed by atoms with Gasteiger partial charge in [-0.15, -0.1) is 0 Å². The van der Waals surface area contributed by atoms with Gasteiger partial charge in [-0.25, -0.2) is 5.90 Å². The second-order valence-electron chi connectivity index (χ2n) is 9.11. The van der Waals surface area contributed by atoms with Crippen molar-refractivity contribution < 1.29 is 9.63 Å². The smallest absolute Gasteiger partial charge is 0.156 e. The maximum atomic E-state index is 11.9. The molecule has 24 heavy (non-hydrogen) atoms. The average molecular weight is 329 g/mol. The second kappa shape index (κ2) is 5.81. The van der Waals surface area contributed by atoms with Gasteiger partial charge in [0.05, 0.1) is 6.61 Å². The van der Waals surface area contributed by atoms with Crippen molar-refractivity contribution in [2.75, 3.05) is 6.61 Å². The van der Waals surface area contributed by atoms with Crippen LogP contribution in [-0.2, 0) is 9.63 Å². The monoisotopic (exact) mass is 329 g/mol. The van der Waals surface area contributed by atoms with Crippen LogP contribution in [0, 0.1) is 34.5 Å². The highest BCUT2D eigenvalue weighted by Crippen LogP contribution is 2.65. The van der Waals surface area contributed by atoms with Crippen LogP contribution in [0.1, 0.15) is 58.8 Å². The Hall–Kier alpha value is -0.930. The molecule has 0 amide bonds. The minimum atomic E-state index is 0.215. The van der Waals surface area contributed by atoms with Gasteiger partial charge in [-0.2, -0.15) is 0 Å². The molecule has 132 valence electrons. The molecule has 3 heteroatoms. The first-order chi connectivity index (χ1) is 11.5. The molecule has 0 aliphatic heterocycles. The third-order valence-corrected chi connectivity index (χ3v) is 8.30. The fraction of sp³-hybridized carbons (Fsp3) is 0.762. The van der Waals surface area contributed by atoms with Crippen molar-refractivity contribution in [1.29, 1.82) is 0 Å². The van der Waals surface area contributed by atoms with Gasteiger partial charge in [0.25, 0.3) is 0 Å². The number of rotatable bonds is 3. The SMILES string of the molecule is CC12CCC(=O)C=C1C=CC1C2CCC2(C)C(CCON)CCC12. The first-order valence-corrected chi connectivity index (χ1v) is 9.74. The predicted molar refractivity (Wildman–Crippen MR) is 94.9 cm³/mol. The number of fused-ring (bicyclic) bond motifs is 5. The van der Waals surface area contributed by atoms with Gasteiger partial charge in [0.2, 0.25) is 0 Å². The van der Waals surface area contributed by atoms with Gasteiger partial charge in [-0.3, -0.25) is 4.79 Å². The van der Waals surface area contributed by atoms with Gasteiger partial charge in [0, 0.05) is 6.42 Å². The molecule has 0 radical (unpaired) electrons. The fourth-order valence-electron chi connectivity index (χ4n) is 6.79. The summed E-state index contributed by atoms with van der Waals surface area (Å²) in [6.07, 6.45) is 14.8. The van der Waals surface area contributed by atoms with Crippen LogP contribution in [0.4, 0.5) is 0 Å². The molecule has 0 bridgehead atoms. The highest BCUT2D eigenvalue weighted by molar-refractivity contribution is 5.92. The zero-order valence-electron chi connectivity index (χ0n) is 15.1. The van der Waals surface area contributed by atoms with Crippen molar-refractivity contribution >= 4 is 5.78 Å². The molecule has 0 saturated heterocycles. The summed E-state index contributed by atoms with van der Waals surface area (Å²) in [4.78, 5) is 16.7. The number of allylic oxidation sites excluding steroid dienone is 4. The van der Waals surface area contributed by atoms with Crippen molar-refractivity contribution in [1.82, 2.24) is 0 Å². The van der Waals surface area contributed by atoms with E-state index in [-0.39, 0.29) is 5.41 Å². The summed E-state index contributed by atoms with van der Waals surface area (Å²) in [5, 5.41) is 0. The lowest BCUT2D eigenvalue weighted by molar-refractivity contribution is -0.116. The van der Waals surface area contributed by atoms with Gasteiger partial charge < -0.3 is 4.84 Å². The predicted octanol–water partition coefficient (Wildman–Crippen LogP) is 4.19. The number of hydrogen-bond donors (Lipinski definition) is 1. The van der Waals surface area contributed by atoms with E-state index in [1.54, 1.807) is 0 Å². The third kappa shape index (κ3) is 2.28. The van der Waals surface area contributed by atoms with Crippen LogP contribution in [-0.4, -0.2) is 12.4 Å². The zero-order chi connectivity index (χ0) is 16.9. The van der Waals surface area contributed by atoms with E-state index < -0.39 is 0 Å². The number of nitrogens with two attached hydrogens (primary N) is 1. The summed E-state index contributed by atoms with van der Waals surface area (Å²) in [5.41, 5.74) is 1.95. The van der Waals surface area contributed by atoms with Gasteiger partial charge in [-0.05, 0) is 84.7 Å². The second-order valence-corrected chi connectivity index (χ2v) is 9.11. The Balaban J connectivity index is 1.64. The summed E-state index contributed by atoms with van der Waals surface area (Å²) in [6, 6.07) is 0. The summed E-state index contributed by atoms with van der Waals surface area (Å²) in [5.74, 6) is 8.52. The van der Waals surface area contributed by atoms with Crippen LogP contribution in [0.5, 0.6) is 0 Å². The number of ketones is 1. The molecule has 2 fully saturated rings. The Morgan fingerprint density at radius 3 is 2.83 bits per heavy atom. The summed E-state index contributed by atoms with van der Waals surface area (Å²) >= 11 is 0. The fourth-order valence-corrected chi connectivity index (χ4v) is 6.79. The van der Waals surface area contributed by atoms with Crippen LogP contribution in [0.3, 0.4) is 0 Å². The molecule has 0 heterocycles. The van der Waals surface area contributed by atoms with Gasteiger partial charge in [0.1, 0.15) is 0 Å². The van der Waals surface area contributed by atoms with Crippen LogP contribution in [0.25, 0.3) is 0 Å². The lowest BCUT2D eigenvalue weighted by atomic mass is 9.48. The summed E-state index contributed by atoms with van der Waals surface area (Å²) in [6.45, 7) is 5.63. The van der Waals surface area contributed by atoms with Crippen molar-refractivity contribution in [3.8, 4) is 0 Å². The van der Waals surface area contributed by atoms with E-state index in [9.17, 15) is 4.79 Å². The molecule has 2 N–H and O–H groups in total. The minimum Gasteiger partial charge on any atom is -0.305 e. The first kappa shape index (κ1) is 16.5. The van der Waals surface area contributed by atoms with Crippen molar-refractivity contribution in [3.63, 3.8) is 0 Å². The molecule has 6 unspecified atom stereocenters. The van der Waals surface area contributed by atoms with Crippen LogP contribution in [0.15, 0.2) is 23.8 Å². The van der Waals surface area contributed by atoms with E-state index >= 15 is 0 Å². The van der Waals surface area contributed by atoms with E-state index in [1.165, 1.54) is 31.3 Å². The molecular weight excluding hydrogens is 298 g/mol. The summed E-state index contributed by atoms with van der Waals surface area (Å²) < 4.78 is 0. The molecular formula is C21H31NO2. The quantitative estimate of drug-likeness (QED) is 0.790. The molecule has 0 aromatic carbocycles. The van der Waals surface area contributed by atoms with E-state index in [0.717, 1.165) is 31.1 Å². The minimum absolute atomic E-state index is 0.215. The maximum Gasteiger partial charge on any atom is 0.156 e. The van der Waals surface area contributed by atoms with E-state index in [1.807, 2.05) is 6.08 Å². The Morgan fingerprint density at radius 2 is 2.04 bits per heavy atom. The van der Waals surface area contributed by atoms with Crippen LogP contribution >= 0.6 is 0 Å². The van der Waals surface area contributed by atoms with E-state index in [4.69, 9.17) is 10.7 Å². The van der Waals surface area contributed by atoms with Crippen molar-refractivity contribution in [2.24, 2.45) is 40.4 Å². The Bertz CT molecular complexity index is 595. The number of hydrogen-bond acceptors (Lipinski definition) is 3. The lowest BCUT2D eigenvalue weighted by Gasteiger charge is -2.56. The summed E-state index contributed by atoms with van der Waals surface area (Å²) in [7, 11) is 0. The van der Waals surface area contributed by atoms with Crippen LogP contribution < -0.4 is 5.90 Å². The van der Waals surface area contributed by atoms with Crippen molar-refractivity contribution in [3.05, 3.63) is 23.8 Å². The Morgan fingerprint density at radius 1 is 1.21 bits per heavy atom. The van der Waals surface area contributed by atoms with Gasteiger partial charge in [-0.1, -0.05) is 26.0 Å². The molecule has 6 atom stereocenters. The van der Waals surface area contributed by atoms with Crippen LogP contribution in [0.2, 0.25) is 0 Å². The molecule has 2 saturated carbocycles. The standard InChI is InChI=1S/C21H31NO2/c1-20-11-8-19-17(18(20)6-4-14(20)9-12-24-22)5-3-15-13-16(23)7-10-21(15,19)2/h3,5,13-14,17-19H,4,6-12,22H2,1-2H3. The molecule has 3 nitrogen and oxygen atoms in total. The molecule has 4 rings (SSSR count). The number of carbonyl (C=O) groups excluding carboxylic acids is 1. The zero-order valence-corrected chi connectivity index (χ0v) is 15.1. The normalized spacial score (nSPS) is 47.0. The van der Waals surface area contributed by atoms with Gasteiger partial charge in [0.15, 0.2) is 5.78 Å². The lowest BCUT2D eigenvalue weighted by Crippen LogP contribution is -2.49. The van der Waals surface area contributed by atoms with Gasteiger partial charge >= 0.3 is 0 Å². The molecule has 0 aromatic rings. The topological polar surface area (TPSA) is 52.3 Å². The molecule has 4 aliphatic carbocycles. The van der Waals surface area contributed by atoms with Crippen molar-refractivity contribution in [2.45, 2.75) is 58.8 Å². The average Bonchev–Trinajstić information content (AvgIpc) is 2.90. The highest BCUT2D eigenvalue weighted by Gasteiger charge is 2.57. The number of carbonyl (C=O) groups is 1. The third-order valence-electron chi connectivity index (χ3n) is 8.30. The largest absolute Gasteiger partial charge is 0.305 e. The Kier molecular flexibility index (Phi) is 4.00. The highest BCUT2D eigenvalue weighted by atomic mass is 16.6. The molecule has 0 spiro atoms. The first-order valence-electron chi connectivity index (χ1n) is 9.74. The van der Waals surface area contributed by atoms with E-state index in [0.29, 0.717) is 29.6 Å². The maximum absolute atomic E-state index is 11.9. The van der Waals surface area contributed by atoms with E-state index in [2.05, 4.69) is 26.0 Å². The Labute approximate surface area is 145 Å². The molecule has 4 aliphatic rings.